The Hall–Kier alpha value is -0.940. The Kier molecular flexibility index (Phi) is 4.35. The van der Waals surface area contributed by atoms with E-state index < -0.39 is 0 Å². The van der Waals surface area contributed by atoms with Crippen molar-refractivity contribution in [2.45, 2.75) is 46.1 Å². The first kappa shape index (κ1) is 13.5. The second kappa shape index (κ2) is 5.80. The van der Waals surface area contributed by atoms with Gasteiger partial charge in [-0.05, 0) is 37.8 Å². The number of hydrogen-bond donors (Lipinski definition) is 1. The van der Waals surface area contributed by atoms with E-state index in [1.54, 1.807) is 0 Å². The van der Waals surface area contributed by atoms with E-state index in [2.05, 4.69) is 22.0 Å². The zero-order chi connectivity index (χ0) is 13.0. The van der Waals surface area contributed by atoms with Gasteiger partial charge in [-0.2, -0.15) is 4.98 Å². The fourth-order valence-electron chi connectivity index (χ4n) is 2.51. The number of aliphatic hydroxyl groups is 1. The van der Waals surface area contributed by atoms with Crippen molar-refractivity contribution in [2.75, 3.05) is 19.7 Å². The van der Waals surface area contributed by atoms with Crippen LogP contribution in [0.1, 0.15) is 44.8 Å². The smallest absolute Gasteiger partial charge is 0.226 e. The molecule has 1 aromatic heterocycles. The van der Waals surface area contributed by atoms with Crippen molar-refractivity contribution >= 4 is 0 Å². The second-order valence-corrected chi connectivity index (χ2v) is 5.25. The summed E-state index contributed by atoms with van der Waals surface area (Å²) in [5.41, 5.74) is 0.141. The molecule has 0 bridgehead atoms. The third-order valence-electron chi connectivity index (χ3n) is 4.18. The molecule has 5 nitrogen and oxygen atoms in total. The molecule has 0 amide bonds. The van der Waals surface area contributed by atoms with Crippen LogP contribution < -0.4 is 0 Å². The van der Waals surface area contributed by atoms with E-state index in [0.29, 0.717) is 12.5 Å². The quantitative estimate of drug-likeness (QED) is 0.864. The molecule has 1 aromatic rings. The normalized spacial score (nSPS) is 20.2. The fraction of sp³-hybridized carbons (Fsp3) is 0.846. The highest BCUT2D eigenvalue weighted by Crippen LogP contribution is 2.34. The van der Waals surface area contributed by atoms with Crippen molar-refractivity contribution in [1.29, 1.82) is 0 Å². The Morgan fingerprint density at radius 2 is 2.06 bits per heavy atom. The predicted molar refractivity (Wildman–Crippen MR) is 68.0 cm³/mol. The monoisotopic (exact) mass is 253 g/mol. The van der Waals surface area contributed by atoms with E-state index in [1.165, 1.54) is 0 Å². The summed E-state index contributed by atoms with van der Waals surface area (Å²) in [5.74, 6) is 1.49. The van der Waals surface area contributed by atoms with Crippen molar-refractivity contribution in [2.24, 2.45) is 5.41 Å². The number of aliphatic hydroxyl groups excluding tert-OH is 1. The molecule has 5 heteroatoms. The number of rotatable bonds is 5. The third kappa shape index (κ3) is 2.90. The van der Waals surface area contributed by atoms with Crippen LogP contribution >= 0.6 is 0 Å². The average Bonchev–Trinajstić information content (AvgIpc) is 2.88. The maximum atomic E-state index is 9.49. The fourth-order valence-corrected chi connectivity index (χ4v) is 2.51. The molecule has 1 saturated heterocycles. The third-order valence-corrected chi connectivity index (χ3v) is 4.18. The summed E-state index contributed by atoms with van der Waals surface area (Å²) in [5, 5.41) is 13.5. The Bertz CT molecular complexity index is 364. The molecule has 18 heavy (non-hydrogen) atoms. The van der Waals surface area contributed by atoms with Crippen molar-refractivity contribution in [3.8, 4) is 0 Å². The van der Waals surface area contributed by atoms with Gasteiger partial charge in [-0.25, -0.2) is 0 Å². The molecular formula is C13H23N3O2. The number of hydrogen-bond acceptors (Lipinski definition) is 5. The van der Waals surface area contributed by atoms with Gasteiger partial charge in [-0.15, -0.1) is 0 Å². The minimum Gasteiger partial charge on any atom is -0.396 e. The van der Waals surface area contributed by atoms with Crippen molar-refractivity contribution in [3.63, 3.8) is 0 Å². The van der Waals surface area contributed by atoms with Gasteiger partial charge in [0.15, 0.2) is 5.82 Å². The Balaban J connectivity index is 1.86. The van der Waals surface area contributed by atoms with Crippen LogP contribution in [0.3, 0.4) is 0 Å². The number of aryl methyl sites for hydroxylation is 1. The van der Waals surface area contributed by atoms with E-state index in [0.717, 1.165) is 51.1 Å². The molecule has 2 heterocycles. The summed E-state index contributed by atoms with van der Waals surface area (Å²) >= 11 is 0. The van der Waals surface area contributed by atoms with Gasteiger partial charge in [0, 0.05) is 13.0 Å². The molecule has 0 radical (unpaired) electrons. The topological polar surface area (TPSA) is 62.4 Å². The Morgan fingerprint density at radius 1 is 1.33 bits per heavy atom. The first-order valence-electron chi connectivity index (χ1n) is 6.86. The van der Waals surface area contributed by atoms with E-state index in [-0.39, 0.29) is 5.41 Å². The zero-order valence-corrected chi connectivity index (χ0v) is 11.4. The lowest BCUT2D eigenvalue weighted by molar-refractivity contribution is 0.0371. The molecule has 2 rings (SSSR count). The van der Waals surface area contributed by atoms with Crippen LogP contribution in [0, 0.1) is 5.41 Å². The van der Waals surface area contributed by atoms with Crippen LogP contribution in [0.4, 0.5) is 0 Å². The van der Waals surface area contributed by atoms with Gasteiger partial charge < -0.3 is 9.63 Å². The predicted octanol–water partition coefficient (Wildman–Crippen LogP) is 1.62. The molecule has 0 unspecified atom stereocenters. The SMILES string of the molecule is CCc1nc(CN2CCC(CC)(CO)CC2)no1. The van der Waals surface area contributed by atoms with Gasteiger partial charge in [0.25, 0.3) is 0 Å². The van der Waals surface area contributed by atoms with E-state index in [1.807, 2.05) is 6.92 Å². The molecule has 1 fully saturated rings. The maximum Gasteiger partial charge on any atom is 0.226 e. The van der Waals surface area contributed by atoms with Crippen LogP contribution in [0.25, 0.3) is 0 Å². The van der Waals surface area contributed by atoms with Crippen molar-refractivity contribution in [1.82, 2.24) is 15.0 Å². The molecular weight excluding hydrogens is 230 g/mol. The molecule has 0 spiro atoms. The van der Waals surface area contributed by atoms with Gasteiger partial charge in [0.2, 0.25) is 5.89 Å². The first-order valence-corrected chi connectivity index (χ1v) is 6.86. The molecule has 0 saturated carbocycles. The molecule has 1 aliphatic heterocycles. The van der Waals surface area contributed by atoms with Crippen LogP contribution in [0.2, 0.25) is 0 Å². The molecule has 102 valence electrons. The minimum absolute atomic E-state index is 0.141. The van der Waals surface area contributed by atoms with Crippen LogP contribution in [0.15, 0.2) is 4.52 Å². The Morgan fingerprint density at radius 3 is 2.56 bits per heavy atom. The molecule has 1 N–H and O–H groups in total. The van der Waals surface area contributed by atoms with Crippen LogP contribution in [-0.4, -0.2) is 39.8 Å². The average molecular weight is 253 g/mol. The van der Waals surface area contributed by atoms with Gasteiger partial charge in [-0.1, -0.05) is 19.0 Å². The number of piperidine rings is 1. The highest BCUT2D eigenvalue weighted by atomic mass is 16.5. The molecule has 0 aromatic carbocycles. The summed E-state index contributed by atoms with van der Waals surface area (Å²) in [6.45, 7) is 7.25. The maximum absolute atomic E-state index is 9.49. The summed E-state index contributed by atoms with van der Waals surface area (Å²) in [6, 6.07) is 0. The van der Waals surface area contributed by atoms with E-state index >= 15 is 0 Å². The number of aromatic nitrogens is 2. The molecule has 0 aliphatic carbocycles. The lowest BCUT2D eigenvalue weighted by Crippen LogP contribution is -2.41. The standard InChI is InChI=1S/C13H23N3O2/c1-3-12-14-11(15-18-12)9-16-7-5-13(4-2,10-17)6-8-16/h17H,3-10H2,1-2H3. The summed E-state index contributed by atoms with van der Waals surface area (Å²) in [4.78, 5) is 6.67. The van der Waals surface area contributed by atoms with E-state index in [4.69, 9.17) is 4.52 Å². The zero-order valence-electron chi connectivity index (χ0n) is 11.4. The van der Waals surface area contributed by atoms with Gasteiger partial charge in [0.1, 0.15) is 0 Å². The van der Waals surface area contributed by atoms with Crippen molar-refractivity contribution in [3.05, 3.63) is 11.7 Å². The van der Waals surface area contributed by atoms with Gasteiger partial charge >= 0.3 is 0 Å². The Labute approximate surface area is 108 Å². The summed E-state index contributed by atoms with van der Waals surface area (Å²) in [6.07, 6.45) is 3.95. The van der Waals surface area contributed by atoms with Gasteiger partial charge in [-0.3, -0.25) is 4.90 Å². The van der Waals surface area contributed by atoms with E-state index in [9.17, 15) is 5.11 Å². The lowest BCUT2D eigenvalue weighted by atomic mass is 9.77. The second-order valence-electron chi connectivity index (χ2n) is 5.25. The van der Waals surface area contributed by atoms with Crippen molar-refractivity contribution < 1.29 is 9.63 Å². The first-order chi connectivity index (χ1) is 8.71. The highest BCUT2D eigenvalue weighted by Gasteiger charge is 2.32. The van der Waals surface area contributed by atoms with Gasteiger partial charge in [0.05, 0.1) is 6.54 Å². The minimum atomic E-state index is 0.141. The molecule has 1 aliphatic rings. The molecule has 0 atom stereocenters. The lowest BCUT2D eigenvalue weighted by Gasteiger charge is -2.39. The summed E-state index contributed by atoms with van der Waals surface area (Å²) in [7, 11) is 0. The highest BCUT2D eigenvalue weighted by molar-refractivity contribution is 4.89. The van der Waals surface area contributed by atoms with Crippen LogP contribution in [-0.2, 0) is 13.0 Å². The number of nitrogens with zero attached hydrogens (tertiary/aromatic N) is 3. The number of likely N-dealkylation sites (tertiary alicyclic amines) is 1. The van der Waals surface area contributed by atoms with Crippen LogP contribution in [0.5, 0.6) is 0 Å². The summed E-state index contributed by atoms with van der Waals surface area (Å²) < 4.78 is 5.11. The largest absolute Gasteiger partial charge is 0.396 e.